The Kier molecular flexibility index (Phi) is 3.88. The lowest BCUT2D eigenvalue weighted by atomic mass is 10.2. The molecule has 1 aromatic rings. The fraction of sp³-hybridized carbons (Fsp3) is 0.375. The number of hydrogen-bond acceptors (Lipinski definition) is 3. The largest absolute Gasteiger partial charge is 0.481 e. The number of thiol groups is 1. The Morgan fingerprint density at radius 3 is 3.00 bits per heavy atom. The van der Waals surface area contributed by atoms with Crippen LogP contribution in [0.1, 0.15) is 5.56 Å². The minimum atomic E-state index is 0.687. The number of methoxy groups -OCH3 is 1. The van der Waals surface area contributed by atoms with E-state index in [-0.39, 0.29) is 0 Å². The first-order valence-electron chi connectivity index (χ1n) is 3.57. The van der Waals surface area contributed by atoms with Gasteiger partial charge >= 0.3 is 0 Å². The van der Waals surface area contributed by atoms with E-state index < -0.39 is 0 Å². The van der Waals surface area contributed by atoms with Crippen LogP contribution < -0.4 is 4.74 Å². The molecule has 0 N–H and O–H groups in total. The quantitative estimate of drug-likeness (QED) is 0.829. The fourth-order valence-corrected chi connectivity index (χ4v) is 1.57. The molecule has 0 aromatic carbocycles. The molecular weight excluding hydrogens is 238 g/mol. The van der Waals surface area contributed by atoms with E-state index >= 15 is 0 Å². The van der Waals surface area contributed by atoms with Gasteiger partial charge in [0, 0.05) is 16.2 Å². The van der Waals surface area contributed by atoms with Crippen molar-refractivity contribution < 1.29 is 4.74 Å². The molecule has 0 aliphatic heterocycles. The Morgan fingerprint density at radius 2 is 2.42 bits per heavy atom. The predicted octanol–water partition coefficient (Wildman–Crippen LogP) is 2.33. The molecule has 0 radical (unpaired) electrons. The number of ether oxygens (including phenoxy) is 1. The Balaban J connectivity index is 2.95. The molecule has 0 fully saturated rings. The van der Waals surface area contributed by atoms with Crippen LogP contribution in [0.3, 0.4) is 0 Å². The van der Waals surface area contributed by atoms with Crippen LogP contribution in [-0.2, 0) is 6.42 Å². The van der Waals surface area contributed by atoms with Gasteiger partial charge < -0.3 is 4.74 Å². The molecule has 0 amide bonds. The monoisotopic (exact) mass is 247 g/mol. The molecule has 4 heteroatoms. The van der Waals surface area contributed by atoms with E-state index in [1.807, 2.05) is 6.07 Å². The van der Waals surface area contributed by atoms with Crippen molar-refractivity contribution in [2.75, 3.05) is 12.9 Å². The van der Waals surface area contributed by atoms with Crippen LogP contribution in [0.25, 0.3) is 0 Å². The van der Waals surface area contributed by atoms with Crippen molar-refractivity contribution in [2.45, 2.75) is 6.42 Å². The Hall–Kier alpha value is -0.220. The van der Waals surface area contributed by atoms with Gasteiger partial charge in [-0.05, 0) is 34.2 Å². The van der Waals surface area contributed by atoms with Gasteiger partial charge in [-0.1, -0.05) is 0 Å². The second kappa shape index (κ2) is 4.72. The van der Waals surface area contributed by atoms with Crippen molar-refractivity contribution in [3.63, 3.8) is 0 Å². The standard InChI is InChI=1S/C8H10BrNOS/c1-11-8-6(2-3-12)4-7(9)5-10-8/h4-5,12H,2-3H2,1H3. The van der Waals surface area contributed by atoms with E-state index in [4.69, 9.17) is 4.74 Å². The third-order valence-corrected chi connectivity index (χ3v) is 2.12. The van der Waals surface area contributed by atoms with E-state index in [1.165, 1.54) is 0 Å². The third-order valence-electron chi connectivity index (χ3n) is 1.47. The van der Waals surface area contributed by atoms with Crippen molar-refractivity contribution in [3.05, 3.63) is 22.3 Å². The summed E-state index contributed by atoms with van der Waals surface area (Å²) in [5, 5.41) is 0. The number of aromatic nitrogens is 1. The second-order valence-corrected chi connectivity index (χ2v) is 3.66. The Morgan fingerprint density at radius 1 is 1.67 bits per heavy atom. The molecule has 0 bridgehead atoms. The SMILES string of the molecule is COc1ncc(Br)cc1CCS. The lowest BCUT2D eigenvalue weighted by molar-refractivity contribution is 0.393. The van der Waals surface area contributed by atoms with E-state index in [0.29, 0.717) is 5.88 Å². The lowest BCUT2D eigenvalue weighted by Gasteiger charge is -2.05. The smallest absolute Gasteiger partial charge is 0.216 e. The first-order valence-corrected chi connectivity index (χ1v) is 4.99. The van der Waals surface area contributed by atoms with Crippen molar-refractivity contribution in [1.82, 2.24) is 4.98 Å². The van der Waals surface area contributed by atoms with Crippen LogP contribution in [-0.4, -0.2) is 17.8 Å². The van der Waals surface area contributed by atoms with Crippen LogP contribution in [0.5, 0.6) is 5.88 Å². The molecule has 0 spiro atoms. The number of rotatable bonds is 3. The molecule has 1 heterocycles. The molecule has 2 nitrogen and oxygen atoms in total. The zero-order valence-electron chi connectivity index (χ0n) is 6.75. The van der Waals surface area contributed by atoms with Gasteiger partial charge in [-0.2, -0.15) is 12.6 Å². The molecule has 0 aliphatic rings. The molecular formula is C8H10BrNOS. The minimum absolute atomic E-state index is 0.687. The molecule has 12 heavy (non-hydrogen) atoms. The topological polar surface area (TPSA) is 22.1 Å². The maximum atomic E-state index is 5.09. The summed E-state index contributed by atoms with van der Waals surface area (Å²) in [6, 6.07) is 2.00. The summed E-state index contributed by atoms with van der Waals surface area (Å²) < 4.78 is 6.06. The van der Waals surface area contributed by atoms with Crippen LogP contribution in [0.4, 0.5) is 0 Å². The van der Waals surface area contributed by atoms with Gasteiger partial charge in [0.25, 0.3) is 0 Å². The highest BCUT2D eigenvalue weighted by molar-refractivity contribution is 9.10. The number of pyridine rings is 1. The van der Waals surface area contributed by atoms with Gasteiger partial charge in [0.15, 0.2) is 0 Å². The summed E-state index contributed by atoms with van der Waals surface area (Å²) in [6.45, 7) is 0. The van der Waals surface area contributed by atoms with Gasteiger partial charge in [-0.3, -0.25) is 0 Å². The number of aryl methyl sites for hydroxylation is 1. The van der Waals surface area contributed by atoms with E-state index in [2.05, 4.69) is 33.5 Å². The van der Waals surface area contributed by atoms with Crippen molar-refractivity contribution >= 4 is 28.6 Å². The average Bonchev–Trinajstić information content (AvgIpc) is 2.05. The van der Waals surface area contributed by atoms with Crippen molar-refractivity contribution in [1.29, 1.82) is 0 Å². The third kappa shape index (κ3) is 2.38. The predicted molar refractivity (Wildman–Crippen MR) is 56.0 cm³/mol. The average molecular weight is 248 g/mol. The molecule has 0 saturated carbocycles. The molecule has 1 aromatic heterocycles. The number of halogens is 1. The molecule has 0 unspecified atom stereocenters. The maximum absolute atomic E-state index is 5.09. The molecule has 66 valence electrons. The Labute approximate surface area is 85.9 Å². The normalized spacial score (nSPS) is 9.92. The van der Waals surface area contributed by atoms with Gasteiger partial charge in [0.1, 0.15) is 0 Å². The highest BCUT2D eigenvalue weighted by Gasteiger charge is 2.03. The molecule has 0 atom stereocenters. The fourth-order valence-electron chi connectivity index (χ4n) is 0.952. The van der Waals surface area contributed by atoms with Crippen LogP contribution in [0.15, 0.2) is 16.7 Å². The van der Waals surface area contributed by atoms with Gasteiger partial charge in [0.2, 0.25) is 5.88 Å². The van der Waals surface area contributed by atoms with Gasteiger partial charge in [0.05, 0.1) is 7.11 Å². The Bertz CT molecular complexity index is 267. The molecule has 1 rings (SSSR count). The summed E-state index contributed by atoms with van der Waals surface area (Å²) in [4.78, 5) is 4.11. The summed E-state index contributed by atoms with van der Waals surface area (Å²) in [6.07, 6.45) is 2.60. The zero-order valence-corrected chi connectivity index (χ0v) is 9.23. The summed E-state index contributed by atoms with van der Waals surface area (Å²) in [5.41, 5.74) is 1.09. The summed E-state index contributed by atoms with van der Waals surface area (Å²) >= 11 is 7.51. The number of hydrogen-bond donors (Lipinski definition) is 1. The first kappa shape index (κ1) is 9.86. The van der Waals surface area contributed by atoms with Crippen LogP contribution in [0.2, 0.25) is 0 Å². The van der Waals surface area contributed by atoms with Crippen molar-refractivity contribution in [2.24, 2.45) is 0 Å². The minimum Gasteiger partial charge on any atom is -0.481 e. The molecule has 0 aliphatic carbocycles. The highest BCUT2D eigenvalue weighted by atomic mass is 79.9. The van der Waals surface area contributed by atoms with E-state index in [0.717, 1.165) is 22.2 Å². The van der Waals surface area contributed by atoms with Gasteiger partial charge in [-0.15, -0.1) is 0 Å². The van der Waals surface area contributed by atoms with Crippen LogP contribution >= 0.6 is 28.6 Å². The summed E-state index contributed by atoms with van der Waals surface area (Å²) in [5.74, 6) is 1.49. The first-order chi connectivity index (χ1) is 5.77. The van der Waals surface area contributed by atoms with Gasteiger partial charge in [-0.25, -0.2) is 4.98 Å². The number of nitrogens with zero attached hydrogens (tertiary/aromatic N) is 1. The highest BCUT2D eigenvalue weighted by Crippen LogP contribution is 2.20. The van der Waals surface area contributed by atoms with Crippen molar-refractivity contribution in [3.8, 4) is 5.88 Å². The maximum Gasteiger partial charge on any atom is 0.216 e. The zero-order chi connectivity index (χ0) is 8.97. The summed E-state index contributed by atoms with van der Waals surface area (Å²) in [7, 11) is 1.62. The lowest BCUT2D eigenvalue weighted by Crippen LogP contribution is -1.95. The van der Waals surface area contributed by atoms with E-state index in [1.54, 1.807) is 13.3 Å². The van der Waals surface area contributed by atoms with E-state index in [9.17, 15) is 0 Å². The molecule has 0 saturated heterocycles. The second-order valence-electron chi connectivity index (χ2n) is 2.30. The van der Waals surface area contributed by atoms with Crippen LogP contribution in [0, 0.1) is 0 Å².